The maximum Gasteiger partial charge on any atom is 0.261 e. The molecule has 6 nitrogen and oxygen atoms in total. The highest BCUT2D eigenvalue weighted by Gasteiger charge is 2.21. The Labute approximate surface area is 151 Å². The van der Waals surface area contributed by atoms with Crippen LogP contribution in [0.15, 0.2) is 42.0 Å². The number of hydrogen-bond acceptors (Lipinski definition) is 5. The molecule has 25 heavy (non-hydrogen) atoms. The van der Waals surface area contributed by atoms with E-state index in [2.05, 4.69) is 21.3 Å². The summed E-state index contributed by atoms with van der Waals surface area (Å²) in [6.07, 6.45) is 4.00. The van der Waals surface area contributed by atoms with Gasteiger partial charge in [0, 0.05) is 58.1 Å². The molecule has 3 rings (SSSR count). The zero-order valence-corrected chi connectivity index (χ0v) is 14.9. The molecule has 2 amide bonds. The van der Waals surface area contributed by atoms with E-state index in [1.54, 1.807) is 12.3 Å². The van der Waals surface area contributed by atoms with Crippen molar-refractivity contribution < 1.29 is 9.59 Å². The zero-order valence-electron chi connectivity index (χ0n) is 14.1. The number of carbonyl (C=O) groups is 2. The third-order valence-corrected chi connectivity index (χ3v) is 5.09. The normalized spacial score (nSPS) is 15.1. The van der Waals surface area contributed by atoms with Crippen LogP contribution in [-0.4, -0.2) is 59.3 Å². The minimum absolute atomic E-state index is 0.104. The molecule has 0 spiro atoms. The number of piperazine rings is 1. The van der Waals surface area contributed by atoms with Crippen molar-refractivity contribution in [1.82, 2.24) is 20.1 Å². The van der Waals surface area contributed by atoms with Crippen LogP contribution in [0, 0.1) is 0 Å². The van der Waals surface area contributed by atoms with Crippen molar-refractivity contribution >= 4 is 23.2 Å². The lowest BCUT2D eigenvalue weighted by atomic mass is 10.2. The van der Waals surface area contributed by atoms with E-state index < -0.39 is 0 Å². The van der Waals surface area contributed by atoms with Crippen LogP contribution >= 0.6 is 11.3 Å². The van der Waals surface area contributed by atoms with E-state index in [0.717, 1.165) is 32.7 Å². The summed E-state index contributed by atoms with van der Waals surface area (Å²) in [6, 6.07) is 7.64. The Morgan fingerprint density at radius 1 is 1.16 bits per heavy atom. The lowest BCUT2D eigenvalue weighted by Gasteiger charge is -2.34. The molecule has 0 bridgehead atoms. The Hall–Kier alpha value is -2.25. The minimum atomic E-state index is -0.107. The summed E-state index contributed by atoms with van der Waals surface area (Å²) in [4.78, 5) is 33.2. The molecule has 1 saturated heterocycles. The summed E-state index contributed by atoms with van der Waals surface area (Å²) < 4.78 is 0. The first-order valence-electron chi connectivity index (χ1n) is 8.43. The standard InChI is InChI=1S/C18H22N4O2S/c23-17(5-7-20-18(24)16-4-2-12-25-16)22-10-8-21(9-11-22)14-15-3-1-6-19-13-15/h1-4,6,12-13H,5,7-11,14H2,(H,20,24). The van der Waals surface area contributed by atoms with Crippen LogP contribution in [-0.2, 0) is 11.3 Å². The predicted octanol–water partition coefficient (Wildman–Crippen LogP) is 1.61. The van der Waals surface area contributed by atoms with Gasteiger partial charge in [0.25, 0.3) is 5.91 Å². The monoisotopic (exact) mass is 358 g/mol. The van der Waals surface area contributed by atoms with Gasteiger partial charge in [-0.15, -0.1) is 11.3 Å². The van der Waals surface area contributed by atoms with Crippen LogP contribution < -0.4 is 5.32 Å². The number of pyridine rings is 1. The molecule has 1 fully saturated rings. The number of nitrogens with zero attached hydrogens (tertiary/aromatic N) is 3. The molecule has 0 atom stereocenters. The zero-order chi connectivity index (χ0) is 17.5. The van der Waals surface area contributed by atoms with Gasteiger partial charge >= 0.3 is 0 Å². The summed E-state index contributed by atoms with van der Waals surface area (Å²) in [7, 11) is 0. The molecule has 2 aromatic heterocycles. The summed E-state index contributed by atoms with van der Waals surface area (Å²) in [5.41, 5.74) is 1.19. The van der Waals surface area contributed by atoms with E-state index in [9.17, 15) is 9.59 Å². The van der Waals surface area contributed by atoms with Crippen LogP contribution in [0.4, 0.5) is 0 Å². The highest BCUT2D eigenvalue weighted by Crippen LogP contribution is 2.09. The van der Waals surface area contributed by atoms with Gasteiger partial charge in [0.1, 0.15) is 0 Å². The van der Waals surface area contributed by atoms with Crippen LogP contribution in [0.2, 0.25) is 0 Å². The summed E-state index contributed by atoms with van der Waals surface area (Å²) >= 11 is 1.40. The average molecular weight is 358 g/mol. The molecule has 0 saturated carbocycles. The average Bonchev–Trinajstić information content (AvgIpc) is 3.18. The van der Waals surface area contributed by atoms with Crippen molar-refractivity contribution in [2.24, 2.45) is 0 Å². The third-order valence-electron chi connectivity index (χ3n) is 4.22. The van der Waals surface area contributed by atoms with Gasteiger partial charge in [0.05, 0.1) is 4.88 Å². The molecule has 0 radical (unpaired) electrons. The molecule has 0 aromatic carbocycles. The molecule has 132 valence electrons. The quantitative estimate of drug-likeness (QED) is 0.852. The fraction of sp³-hybridized carbons (Fsp3) is 0.389. The number of amides is 2. The Kier molecular flexibility index (Phi) is 6.14. The SMILES string of the molecule is O=C(NCCC(=O)N1CCN(Cc2cccnc2)CC1)c1cccs1. The van der Waals surface area contributed by atoms with E-state index in [-0.39, 0.29) is 11.8 Å². The number of aromatic nitrogens is 1. The van der Waals surface area contributed by atoms with Crippen LogP contribution in [0.5, 0.6) is 0 Å². The molecular formula is C18H22N4O2S. The molecule has 1 aliphatic heterocycles. The molecule has 1 aliphatic rings. The van der Waals surface area contributed by atoms with E-state index in [1.807, 2.05) is 28.6 Å². The minimum Gasteiger partial charge on any atom is -0.351 e. The number of nitrogens with one attached hydrogen (secondary N) is 1. The number of hydrogen-bond donors (Lipinski definition) is 1. The molecule has 0 unspecified atom stereocenters. The second-order valence-corrected chi connectivity index (χ2v) is 6.95. The maximum atomic E-state index is 12.3. The molecule has 2 aromatic rings. The fourth-order valence-corrected chi connectivity index (χ4v) is 3.48. The molecule has 0 aliphatic carbocycles. The van der Waals surface area contributed by atoms with E-state index in [1.165, 1.54) is 16.9 Å². The molecule has 3 heterocycles. The van der Waals surface area contributed by atoms with Gasteiger partial charge in [0.15, 0.2) is 0 Å². The highest BCUT2D eigenvalue weighted by atomic mass is 32.1. The second kappa shape index (κ2) is 8.73. The van der Waals surface area contributed by atoms with Crippen LogP contribution in [0.3, 0.4) is 0 Å². The van der Waals surface area contributed by atoms with Gasteiger partial charge in [-0.25, -0.2) is 0 Å². The Bertz CT molecular complexity index is 682. The van der Waals surface area contributed by atoms with Gasteiger partial charge < -0.3 is 10.2 Å². The number of rotatable bonds is 6. The smallest absolute Gasteiger partial charge is 0.261 e. The lowest BCUT2D eigenvalue weighted by molar-refractivity contribution is -0.132. The van der Waals surface area contributed by atoms with Gasteiger partial charge in [0.2, 0.25) is 5.91 Å². The Morgan fingerprint density at radius 2 is 2.00 bits per heavy atom. The summed E-state index contributed by atoms with van der Waals surface area (Å²) in [5, 5.41) is 4.67. The van der Waals surface area contributed by atoms with Gasteiger partial charge in [-0.05, 0) is 23.1 Å². The van der Waals surface area contributed by atoms with Crippen molar-refractivity contribution in [3.63, 3.8) is 0 Å². The van der Waals surface area contributed by atoms with E-state index >= 15 is 0 Å². The topological polar surface area (TPSA) is 65.5 Å². The largest absolute Gasteiger partial charge is 0.351 e. The Balaban J connectivity index is 1.36. The Morgan fingerprint density at radius 3 is 2.68 bits per heavy atom. The number of thiophene rings is 1. The van der Waals surface area contributed by atoms with Crippen molar-refractivity contribution in [3.05, 3.63) is 52.5 Å². The van der Waals surface area contributed by atoms with Gasteiger partial charge in [-0.3, -0.25) is 19.5 Å². The van der Waals surface area contributed by atoms with Crippen molar-refractivity contribution in [3.8, 4) is 0 Å². The van der Waals surface area contributed by atoms with Crippen LogP contribution in [0.25, 0.3) is 0 Å². The molecule has 1 N–H and O–H groups in total. The first-order valence-corrected chi connectivity index (χ1v) is 9.31. The van der Waals surface area contributed by atoms with E-state index in [4.69, 9.17) is 0 Å². The second-order valence-electron chi connectivity index (χ2n) is 6.00. The summed E-state index contributed by atoms with van der Waals surface area (Å²) in [6.45, 7) is 4.44. The third kappa shape index (κ3) is 5.11. The van der Waals surface area contributed by atoms with E-state index in [0.29, 0.717) is 17.8 Å². The highest BCUT2D eigenvalue weighted by molar-refractivity contribution is 7.12. The lowest BCUT2D eigenvalue weighted by Crippen LogP contribution is -2.48. The first kappa shape index (κ1) is 17.6. The predicted molar refractivity (Wildman–Crippen MR) is 97.4 cm³/mol. The number of carbonyl (C=O) groups excluding carboxylic acids is 2. The van der Waals surface area contributed by atoms with Gasteiger partial charge in [-0.1, -0.05) is 12.1 Å². The molecular weight excluding hydrogens is 336 g/mol. The van der Waals surface area contributed by atoms with Crippen molar-refractivity contribution in [2.45, 2.75) is 13.0 Å². The van der Waals surface area contributed by atoms with Crippen molar-refractivity contribution in [2.75, 3.05) is 32.7 Å². The van der Waals surface area contributed by atoms with Crippen LogP contribution in [0.1, 0.15) is 21.7 Å². The fourth-order valence-electron chi connectivity index (χ4n) is 2.84. The van der Waals surface area contributed by atoms with Gasteiger partial charge in [-0.2, -0.15) is 0 Å². The first-order chi connectivity index (χ1) is 12.2. The maximum absolute atomic E-state index is 12.3. The molecule has 7 heteroatoms. The van der Waals surface area contributed by atoms with Crippen molar-refractivity contribution in [1.29, 1.82) is 0 Å². The summed E-state index contributed by atoms with van der Waals surface area (Å²) in [5.74, 6) is -0.00315.